The topological polar surface area (TPSA) is 93.9 Å². The molecule has 9 nitrogen and oxygen atoms in total. The average molecular weight is 396 g/mol. The van der Waals surface area contributed by atoms with Gasteiger partial charge in [0, 0.05) is 37.7 Å². The van der Waals surface area contributed by atoms with Crippen molar-refractivity contribution in [2.75, 3.05) is 36.5 Å². The van der Waals surface area contributed by atoms with Crippen LogP contribution in [0, 0.1) is 0 Å². The van der Waals surface area contributed by atoms with Gasteiger partial charge in [-0.1, -0.05) is 0 Å². The van der Waals surface area contributed by atoms with Gasteiger partial charge in [0.1, 0.15) is 19.0 Å². The van der Waals surface area contributed by atoms with Crippen LogP contribution in [0.5, 0.6) is 11.5 Å². The number of benzene rings is 1. The second-order valence-electron chi connectivity index (χ2n) is 6.66. The van der Waals surface area contributed by atoms with E-state index in [1.807, 2.05) is 12.1 Å². The normalized spacial score (nSPS) is 12.8. The Kier molecular flexibility index (Phi) is 5.46. The number of nitrogens with one attached hydrogen (secondary N) is 1. The average Bonchev–Trinajstić information content (AvgIpc) is 3.15. The summed E-state index contributed by atoms with van der Waals surface area (Å²) in [5.41, 5.74) is 1.34. The molecule has 1 amide bonds. The first-order valence-corrected chi connectivity index (χ1v) is 9.83. The smallest absolute Gasteiger partial charge is 0.224 e. The third-order valence-electron chi connectivity index (χ3n) is 4.80. The number of rotatable bonds is 7. The molecular weight excluding hydrogens is 372 g/mol. The lowest BCUT2D eigenvalue weighted by Crippen LogP contribution is -2.23. The van der Waals surface area contributed by atoms with Crippen LogP contribution in [-0.4, -0.2) is 52.0 Å². The molecule has 3 heterocycles. The molecule has 1 aliphatic heterocycles. The quantitative estimate of drug-likeness (QED) is 0.655. The Morgan fingerprint density at radius 3 is 2.69 bits per heavy atom. The first-order valence-electron chi connectivity index (χ1n) is 9.83. The van der Waals surface area contributed by atoms with Gasteiger partial charge in [0.2, 0.25) is 5.91 Å². The largest absolute Gasteiger partial charge is 0.486 e. The van der Waals surface area contributed by atoms with Crippen LogP contribution in [0.1, 0.15) is 26.1 Å². The van der Waals surface area contributed by atoms with Crippen molar-refractivity contribution in [2.24, 2.45) is 0 Å². The van der Waals surface area contributed by atoms with E-state index >= 15 is 0 Å². The van der Waals surface area contributed by atoms with Gasteiger partial charge in [-0.15, -0.1) is 15.3 Å². The number of carbonyl (C=O) groups excluding carboxylic acids is 1. The van der Waals surface area contributed by atoms with Gasteiger partial charge in [0.15, 0.2) is 23.0 Å². The summed E-state index contributed by atoms with van der Waals surface area (Å²) in [4.78, 5) is 14.6. The zero-order valence-electron chi connectivity index (χ0n) is 16.6. The minimum atomic E-state index is -0.113. The van der Waals surface area contributed by atoms with Crippen LogP contribution in [0.15, 0.2) is 30.3 Å². The SMILES string of the molecule is CCN(CC)c1ccc2nnc(CCC(=O)Nc3ccc4c(c3)OCCO4)n2n1. The molecule has 9 heteroatoms. The number of ether oxygens (including phenoxy) is 2. The Morgan fingerprint density at radius 2 is 1.90 bits per heavy atom. The molecule has 0 radical (unpaired) electrons. The lowest BCUT2D eigenvalue weighted by atomic mass is 10.2. The molecular formula is C20H24N6O3. The third-order valence-corrected chi connectivity index (χ3v) is 4.80. The fourth-order valence-corrected chi connectivity index (χ4v) is 3.27. The standard InChI is InChI=1S/C20H24N6O3/c1-3-25(4-2)19-8-7-17-22-23-18(26(17)24-19)9-10-20(27)21-14-5-6-15-16(13-14)29-12-11-28-15/h5-8,13H,3-4,9-12H2,1-2H3,(H,21,27). The molecule has 4 rings (SSSR count). The summed E-state index contributed by atoms with van der Waals surface area (Å²) in [5, 5.41) is 15.9. The number of nitrogens with zero attached hydrogens (tertiary/aromatic N) is 5. The minimum Gasteiger partial charge on any atom is -0.486 e. The molecule has 29 heavy (non-hydrogen) atoms. The second kappa shape index (κ2) is 8.34. The Labute approximate surface area is 168 Å². The van der Waals surface area contributed by atoms with Crippen molar-refractivity contribution in [1.29, 1.82) is 0 Å². The molecule has 0 atom stereocenters. The maximum absolute atomic E-state index is 12.4. The molecule has 3 aromatic rings. The Bertz CT molecular complexity index is 1010. The maximum atomic E-state index is 12.4. The number of carbonyl (C=O) groups is 1. The summed E-state index contributed by atoms with van der Waals surface area (Å²) in [5.74, 6) is 2.75. The number of fused-ring (bicyclic) bond motifs is 2. The van der Waals surface area contributed by atoms with Gasteiger partial charge in [-0.2, -0.15) is 4.52 Å². The van der Waals surface area contributed by atoms with Crippen molar-refractivity contribution in [3.05, 3.63) is 36.2 Å². The fraction of sp³-hybridized carbons (Fsp3) is 0.400. The van der Waals surface area contributed by atoms with Gasteiger partial charge in [0.25, 0.3) is 0 Å². The lowest BCUT2D eigenvalue weighted by Gasteiger charge is -2.19. The Hall–Kier alpha value is -3.36. The van der Waals surface area contributed by atoms with E-state index in [9.17, 15) is 4.79 Å². The molecule has 1 N–H and O–H groups in total. The highest BCUT2D eigenvalue weighted by Crippen LogP contribution is 2.32. The molecule has 2 aromatic heterocycles. The zero-order valence-corrected chi connectivity index (χ0v) is 16.6. The van der Waals surface area contributed by atoms with Crippen LogP contribution < -0.4 is 19.7 Å². The molecule has 0 spiro atoms. The summed E-state index contributed by atoms with van der Waals surface area (Å²) in [7, 11) is 0. The van der Waals surface area contributed by atoms with E-state index in [2.05, 4.69) is 39.4 Å². The van der Waals surface area contributed by atoms with E-state index < -0.39 is 0 Å². The summed E-state index contributed by atoms with van der Waals surface area (Å²) >= 11 is 0. The predicted molar refractivity (Wildman–Crippen MR) is 109 cm³/mol. The van der Waals surface area contributed by atoms with Crippen molar-refractivity contribution in [2.45, 2.75) is 26.7 Å². The highest BCUT2D eigenvalue weighted by Gasteiger charge is 2.14. The van der Waals surface area contributed by atoms with Gasteiger partial charge >= 0.3 is 0 Å². The highest BCUT2D eigenvalue weighted by molar-refractivity contribution is 5.91. The molecule has 0 saturated carbocycles. The Morgan fingerprint density at radius 1 is 1.10 bits per heavy atom. The number of hydrogen-bond acceptors (Lipinski definition) is 7. The Balaban J connectivity index is 1.42. The fourth-order valence-electron chi connectivity index (χ4n) is 3.27. The van der Waals surface area contributed by atoms with Crippen LogP contribution in [0.25, 0.3) is 5.65 Å². The minimum absolute atomic E-state index is 0.113. The number of aromatic nitrogens is 4. The predicted octanol–water partition coefficient (Wildman–Crippen LogP) is 2.31. The van der Waals surface area contributed by atoms with E-state index in [-0.39, 0.29) is 12.3 Å². The van der Waals surface area contributed by atoms with Gasteiger partial charge in [-0.3, -0.25) is 4.79 Å². The third kappa shape index (κ3) is 4.08. The molecule has 0 fully saturated rings. The van der Waals surface area contributed by atoms with Gasteiger partial charge < -0.3 is 19.7 Å². The van der Waals surface area contributed by atoms with E-state index in [1.165, 1.54) is 0 Å². The van der Waals surface area contributed by atoms with Gasteiger partial charge in [0.05, 0.1) is 0 Å². The van der Waals surface area contributed by atoms with Crippen molar-refractivity contribution >= 4 is 23.1 Å². The van der Waals surface area contributed by atoms with Crippen LogP contribution in [-0.2, 0) is 11.2 Å². The number of aryl methyl sites for hydroxylation is 1. The van der Waals surface area contributed by atoms with E-state index in [0.717, 1.165) is 18.9 Å². The highest BCUT2D eigenvalue weighted by atomic mass is 16.6. The van der Waals surface area contributed by atoms with Crippen molar-refractivity contribution in [1.82, 2.24) is 19.8 Å². The second-order valence-corrected chi connectivity index (χ2v) is 6.66. The van der Waals surface area contributed by atoms with Crippen LogP contribution in [0.2, 0.25) is 0 Å². The zero-order chi connectivity index (χ0) is 20.2. The number of amides is 1. The van der Waals surface area contributed by atoms with Crippen LogP contribution in [0.3, 0.4) is 0 Å². The summed E-state index contributed by atoms with van der Waals surface area (Å²) in [6, 6.07) is 9.21. The van der Waals surface area contributed by atoms with E-state index in [1.54, 1.807) is 22.7 Å². The molecule has 0 saturated heterocycles. The van der Waals surface area contributed by atoms with Crippen LogP contribution >= 0.6 is 0 Å². The molecule has 0 unspecified atom stereocenters. The monoisotopic (exact) mass is 396 g/mol. The van der Waals surface area contributed by atoms with Crippen LogP contribution in [0.4, 0.5) is 11.5 Å². The summed E-state index contributed by atoms with van der Waals surface area (Å²) < 4.78 is 12.8. The van der Waals surface area contributed by atoms with E-state index in [0.29, 0.717) is 48.3 Å². The molecule has 152 valence electrons. The van der Waals surface area contributed by atoms with Gasteiger partial charge in [-0.25, -0.2) is 0 Å². The summed E-state index contributed by atoms with van der Waals surface area (Å²) in [6.07, 6.45) is 0.707. The number of anilines is 2. The van der Waals surface area contributed by atoms with Crippen molar-refractivity contribution < 1.29 is 14.3 Å². The summed E-state index contributed by atoms with van der Waals surface area (Å²) in [6.45, 7) is 6.95. The van der Waals surface area contributed by atoms with Crippen molar-refractivity contribution in [3.63, 3.8) is 0 Å². The van der Waals surface area contributed by atoms with E-state index in [4.69, 9.17) is 9.47 Å². The first kappa shape index (κ1) is 19.0. The maximum Gasteiger partial charge on any atom is 0.224 e. The van der Waals surface area contributed by atoms with Crippen molar-refractivity contribution in [3.8, 4) is 11.5 Å². The molecule has 0 aliphatic carbocycles. The number of hydrogen-bond donors (Lipinski definition) is 1. The molecule has 1 aromatic carbocycles. The first-order chi connectivity index (χ1) is 14.2. The lowest BCUT2D eigenvalue weighted by molar-refractivity contribution is -0.116. The van der Waals surface area contributed by atoms with Gasteiger partial charge in [-0.05, 0) is 38.1 Å². The molecule has 0 bridgehead atoms. The molecule has 1 aliphatic rings.